The summed E-state index contributed by atoms with van der Waals surface area (Å²) in [7, 11) is 1.41. The molecule has 0 N–H and O–H groups in total. The first-order valence-corrected chi connectivity index (χ1v) is 5.10. The highest BCUT2D eigenvalue weighted by Crippen LogP contribution is 2.29. The van der Waals surface area contributed by atoms with Crippen LogP contribution >= 0.6 is 0 Å². The van der Waals surface area contributed by atoms with Crippen molar-refractivity contribution in [3.05, 3.63) is 34.1 Å². The van der Waals surface area contributed by atoms with Gasteiger partial charge in [0.2, 0.25) is 5.75 Å². The van der Waals surface area contributed by atoms with Gasteiger partial charge < -0.3 is 4.74 Å². The van der Waals surface area contributed by atoms with Gasteiger partial charge in [0, 0.05) is 18.8 Å². The molecular weight excluding hydrogens is 222 g/mol. The topological polar surface area (TPSA) is 77.6 Å². The number of aromatic nitrogens is 1. The molecule has 0 radical (unpaired) electrons. The molecule has 1 aromatic rings. The van der Waals surface area contributed by atoms with E-state index in [1.807, 2.05) is 6.08 Å². The lowest BCUT2D eigenvalue weighted by Crippen LogP contribution is -2.00. The fourth-order valence-electron chi connectivity index (χ4n) is 1.60. The highest BCUT2D eigenvalue weighted by Gasteiger charge is 2.17. The summed E-state index contributed by atoms with van der Waals surface area (Å²) in [6.45, 7) is 0.715. The average molecular weight is 233 g/mol. The van der Waals surface area contributed by atoms with Crippen molar-refractivity contribution >= 4 is 17.5 Å². The van der Waals surface area contributed by atoms with Gasteiger partial charge in [-0.2, -0.15) is 0 Å². The molecule has 0 unspecified atom stereocenters. The Morgan fingerprint density at radius 1 is 1.53 bits per heavy atom. The monoisotopic (exact) mass is 233 g/mol. The van der Waals surface area contributed by atoms with Crippen LogP contribution in [-0.2, 0) is 0 Å². The predicted octanol–water partition coefficient (Wildman–Crippen LogP) is 1.86. The zero-order valence-corrected chi connectivity index (χ0v) is 9.29. The van der Waals surface area contributed by atoms with Crippen molar-refractivity contribution in [2.75, 3.05) is 13.7 Å². The normalized spacial score (nSPS) is 14.3. The summed E-state index contributed by atoms with van der Waals surface area (Å²) in [5, 5.41) is 10.7. The second-order valence-corrected chi connectivity index (χ2v) is 3.50. The first kappa shape index (κ1) is 11.3. The van der Waals surface area contributed by atoms with Gasteiger partial charge in [-0.15, -0.1) is 0 Å². The van der Waals surface area contributed by atoms with Crippen LogP contribution in [0.3, 0.4) is 0 Å². The Hall–Kier alpha value is -2.24. The maximum atomic E-state index is 10.7. The van der Waals surface area contributed by atoms with Gasteiger partial charge in [0.05, 0.1) is 17.7 Å². The minimum Gasteiger partial charge on any atom is -0.490 e. The first-order valence-electron chi connectivity index (χ1n) is 5.10. The van der Waals surface area contributed by atoms with Gasteiger partial charge in [-0.1, -0.05) is 0 Å². The smallest absolute Gasteiger partial charge is 0.329 e. The van der Waals surface area contributed by atoms with E-state index in [0.29, 0.717) is 12.2 Å². The Morgan fingerprint density at radius 3 is 2.94 bits per heavy atom. The van der Waals surface area contributed by atoms with Gasteiger partial charge in [0.1, 0.15) is 6.20 Å². The summed E-state index contributed by atoms with van der Waals surface area (Å²) >= 11 is 0. The van der Waals surface area contributed by atoms with Gasteiger partial charge in [0.15, 0.2) is 0 Å². The van der Waals surface area contributed by atoms with Crippen LogP contribution in [0, 0.1) is 10.1 Å². The van der Waals surface area contributed by atoms with E-state index < -0.39 is 4.92 Å². The minimum atomic E-state index is -0.508. The molecule has 6 nitrogen and oxygen atoms in total. The van der Waals surface area contributed by atoms with E-state index in [0.717, 1.165) is 12.0 Å². The summed E-state index contributed by atoms with van der Waals surface area (Å²) in [5.41, 5.74) is 1.58. The van der Waals surface area contributed by atoms with E-state index in [1.165, 1.54) is 13.3 Å². The molecule has 0 aromatic carbocycles. The molecule has 0 aliphatic carbocycles. The first-order chi connectivity index (χ1) is 8.22. The summed E-state index contributed by atoms with van der Waals surface area (Å²) in [5.74, 6) is 0.225. The number of dihydropyridines is 1. The number of pyridine rings is 1. The van der Waals surface area contributed by atoms with E-state index in [9.17, 15) is 10.1 Å². The number of ether oxygens (including phenoxy) is 1. The maximum Gasteiger partial charge on any atom is 0.329 e. The third-order valence-electron chi connectivity index (χ3n) is 2.48. The molecular formula is C11H11N3O3. The van der Waals surface area contributed by atoms with Gasteiger partial charge in [-0.25, -0.2) is 4.98 Å². The van der Waals surface area contributed by atoms with Crippen LogP contribution < -0.4 is 4.74 Å². The molecule has 0 saturated heterocycles. The Bertz CT molecular complexity index is 509. The van der Waals surface area contributed by atoms with E-state index in [1.54, 1.807) is 12.3 Å². The van der Waals surface area contributed by atoms with E-state index in [2.05, 4.69) is 9.98 Å². The highest BCUT2D eigenvalue weighted by atomic mass is 16.6. The fraction of sp³-hybridized carbons (Fsp3) is 0.273. The average Bonchev–Trinajstić information content (AvgIpc) is 2.39. The molecule has 17 heavy (non-hydrogen) atoms. The van der Waals surface area contributed by atoms with Gasteiger partial charge in [0.25, 0.3) is 0 Å². The molecule has 6 heteroatoms. The zero-order chi connectivity index (χ0) is 12.3. The highest BCUT2D eigenvalue weighted by molar-refractivity contribution is 5.85. The summed E-state index contributed by atoms with van der Waals surface area (Å²) in [4.78, 5) is 18.4. The molecule has 0 saturated carbocycles. The lowest BCUT2D eigenvalue weighted by atomic mass is 10.1. The Morgan fingerprint density at radius 2 is 2.35 bits per heavy atom. The zero-order valence-electron chi connectivity index (χ0n) is 9.29. The molecule has 0 amide bonds. The lowest BCUT2D eigenvalue weighted by Gasteiger charge is -2.09. The summed E-state index contributed by atoms with van der Waals surface area (Å²) < 4.78 is 5.00. The molecule has 1 aliphatic heterocycles. The number of methoxy groups -OCH3 is 1. The van der Waals surface area contributed by atoms with Crippen molar-refractivity contribution in [3.8, 4) is 5.75 Å². The van der Waals surface area contributed by atoms with Crippen LogP contribution in [0.2, 0.25) is 0 Å². The van der Waals surface area contributed by atoms with Crippen molar-refractivity contribution in [2.45, 2.75) is 6.42 Å². The van der Waals surface area contributed by atoms with Crippen molar-refractivity contribution in [1.29, 1.82) is 0 Å². The molecule has 2 rings (SSSR count). The Kier molecular flexibility index (Phi) is 3.13. The lowest BCUT2D eigenvalue weighted by molar-refractivity contribution is -0.386. The van der Waals surface area contributed by atoms with Crippen LogP contribution in [0.1, 0.15) is 12.1 Å². The second-order valence-electron chi connectivity index (χ2n) is 3.50. The van der Waals surface area contributed by atoms with Crippen molar-refractivity contribution < 1.29 is 9.66 Å². The maximum absolute atomic E-state index is 10.7. The van der Waals surface area contributed by atoms with E-state index in [4.69, 9.17) is 4.74 Å². The molecule has 88 valence electrons. The van der Waals surface area contributed by atoms with Gasteiger partial charge in [-0.05, 0) is 18.1 Å². The summed E-state index contributed by atoms with van der Waals surface area (Å²) in [6, 6.07) is 1.59. The van der Waals surface area contributed by atoms with Crippen molar-refractivity contribution in [3.63, 3.8) is 0 Å². The largest absolute Gasteiger partial charge is 0.490 e. The minimum absolute atomic E-state index is 0.124. The summed E-state index contributed by atoms with van der Waals surface area (Å²) in [6.07, 6.45) is 5.58. The number of nitrogens with zero attached hydrogens (tertiary/aromatic N) is 3. The number of allylic oxidation sites excluding steroid dienone is 1. The molecule has 0 spiro atoms. The molecule has 2 heterocycles. The standard InChI is InChI=1S/C11H11N3O3/c1-17-11-6-9(8-2-4-12-5-3-8)13-7-10(11)14(15)16/h2,4,6-7H,3,5H2,1H3. The fourth-order valence-corrected chi connectivity index (χ4v) is 1.60. The van der Waals surface area contributed by atoms with Crippen LogP contribution in [0.5, 0.6) is 5.75 Å². The molecule has 0 bridgehead atoms. The number of rotatable bonds is 3. The van der Waals surface area contributed by atoms with Gasteiger partial charge >= 0.3 is 5.69 Å². The van der Waals surface area contributed by atoms with Crippen LogP contribution in [0.4, 0.5) is 5.69 Å². The number of hydrogen-bond donors (Lipinski definition) is 0. The van der Waals surface area contributed by atoms with Gasteiger partial charge in [-0.3, -0.25) is 15.1 Å². The number of hydrogen-bond acceptors (Lipinski definition) is 5. The SMILES string of the molecule is COc1cc(C2=CC=NCC2)ncc1[N+](=O)[O-]. The number of aliphatic imine (C=N–C) groups is 1. The van der Waals surface area contributed by atoms with E-state index >= 15 is 0 Å². The quantitative estimate of drug-likeness (QED) is 0.589. The number of nitro groups is 1. The second kappa shape index (κ2) is 4.73. The Balaban J connectivity index is 2.41. The van der Waals surface area contributed by atoms with Crippen LogP contribution in [-0.4, -0.2) is 29.8 Å². The third-order valence-corrected chi connectivity index (χ3v) is 2.48. The van der Waals surface area contributed by atoms with Crippen molar-refractivity contribution in [1.82, 2.24) is 4.98 Å². The van der Waals surface area contributed by atoms with Crippen LogP contribution in [0.15, 0.2) is 23.3 Å². The van der Waals surface area contributed by atoms with Crippen molar-refractivity contribution in [2.24, 2.45) is 4.99 Å². The molecule has 1 aliphatic rings. The Labute approximate surface area is 97.8 Å². The molecule has 1 aromatic heterocycles. The van der Waals surface area contributed by atoms with E-state index in [-0.39, 0.29) is 11.4 Å². The molecule has 0 fully saturated rings. The predicted molar refractivity (Wildman–Crippen MR) is 63.4 cm³/mol. The van der Waals surface area contributed by atoms with Crippen LogP contribution in [0.25, 0.3) is 5.57 Å². The third kappa shape index (κ3) is 2.30. The molecule has 0 atom stereocenters.